The second-order valence-electron chi connectivity index (χ2n) is 5.15. The minimum atomic E-state index is 0.153. The van der Waals surface area contributed by atoms with Gasteiger partial charge in [-0.05, 0) is 31.1 Å². The van der Waals surface area contributed by atoms with Crippen molar-refractivity contribution in [2.24, 2.45) is 22.7 Å². The van der Waals surface area contributed by atoms with Crippen LogP contribution in [0.4, 0.5) is 0 Å². The molecule has 0 bridgehead atoms. The first kappa shape index (κ1) is 16.3. The average molecular weight is 239 g/mol. The zero-order chi connectivity index (χ0) is 13.3. The molecule has 0 radical (unpaired) electrons. The highest BCUT2D eigenvalue weighted by Gasteiger charge is 2.16. The van der Waals surface area contributed by atoms with E-state index in [-0.39, 0.29) is 5.92 Å². The molecular formula is C15H29NO. The zero-order valence-electron chi connectivity index (χ0n) is 12.2. The van der Waals surface area contributed by atoms with Crippen LogP contribution in [-0.4, -0.2) is 18.5 Å². The molecule has 0 amide bonds. The number of carbonyl (C=O) groups is 1. The smallest absolute Gasteiger partial charge is 0.122 e. The fourth-order valence-electron chi connectivity index (χ4n) is 1.97. The van der Waals surface area contributed by atoms with Gasteiger partial charge in [-0.1, -0.05) is 41.0 Å². The summed E-state index contributed by atoms with van der Waals surface area (Å²) in [7, 11) is 0. The van der Waals surface area contributed by atoms with Crippen LogP contribution in [0.1, 0.15) is 60.3 Å². The Morgan fingerprint density at radius 3 is 2.24 bits per heavy atom. The van der Waals surface area contributed by atoms with E-state index in [4.69, 9.17) is 4.99 Å². The molecule has 2 heteroatoms. The maximum absolute atomic E-state index is 10.7. The SMILES string of the molecule is CCC(=NCC(C)CC)C(CC)CC(C)C=O. The summed E-state index contributed by atoms with van der Waals surface area (Å²) in [4.78, 5) is 15.5. The van der Waals surface area contributed by atoms with Gasteiger partial charge in [0.05, 0.1) is 0 Å². The summed E-state index contributed by atoms with van der Waals surface area (Å²) in [6.45, 7) is 11.7. The number of carbonyl (C=O) groups excluding carboxylic acids is 1. The lowest BCUT2D eigenvalue weighted by atomic mass is 9.89. The molecule has 2 nitrogen and oxygen atoms in total. The van der Waals surface area contributed by atoms with Crippen molar-refractivity contribution in [2.75, 3.05) is 6.54 Å². The molecule has 0 aliphatic carbocycles. The molecule has 17 heavy (non-hydrogen) atoms. The largest absolute Gasteiger partial charge is 0.303 e. The topological polar surface area (TPSA) is 29.4 Å². The van der Waals surface area contributed by atoms with E-state index < -0.39 is 0 Å². The zero-order valence-corrected chi connectivity index (χ0v) is 12.2. The lowest BCUT2D eigenvalue weighted by Crippen LogP contribution is -2.18. The van der Waals surface area contributed by atoms with Gasteiger partial charge in [-0.15, -0.1) is 0 Å². The maximum atomic E-state index is 10.7. The Hall–Kier alpha value is -0.660. The average Bonchev–Trinajstić information content (AvgIpc) is 2.36. The van der Waals surface area contributed by atoms with Gasteiger partial charge in [-0.2, -0.15) is 0 Å². The van der Waals surface area contributed by atoms with E-state index in [0.29, 0.717) is 11.8 Å². The Labute approximate surface area is 107 Å². The van der Waals surface area contributed by atoms with Crippen LogP contribution >= 0.6 is 0 Å². The fourth-order valence-corrected chi connectivity index (χ4v) is 1.97. The standard InChI is InChI=1S/C15H29NO/c1-6-12(4)10-16-15(8-3)14(7-2)9-13(5)11-17/h11-14H,6-10H2,1-5H3. The molecule has 3 unspecified atom stereocenters. The highest BCUT2D eigenvalue weighted by Crippen LogP contribution is 2.18. The van der Waals surface area contributed by atoms with Gasteiger partial charge < -0.3 is 4.79 Å². The molecule has 0 saturated heterocycles. The van der Waals surface area contributed by atoms with Crippen molar-refractivity contribution in [1.82, 2.24) is 0 Å². The normalized spacial score (nSPS) is 17.6. The molecule has 0 spiro atoms. The minimum absolute atomic E-state index is 0.153. The Kier molecular flexibility index (Phi) is 9.01. The van der Waals surface area contributed by atoms with Gasteiger partial charge in [0.15, 0.2) is 0 Å². The van der Waals surface area contributed by atoms with Crippen LogP contribution in [0.3, 0.4) is 0 Å². The van der Waals surface area contributed by atoms with Gasteiger partial charge in [0.1, 0.15) is 6.29 Å². The van der Waals surface area contributed by atoms with Gasteiger partial charge in [-0.25, -0.2) is 0 Å². The van der Waals surface area contributed by atoms with E-state index in [9.17, 15) is 4.79 Å². The molecule has 0 N–H and O–H groups in total. The third kappa shape index (κ3) is 6.60. The van der Waals surface area contributed by atoms with E-state index in [2.05, 4.69) is 27.7 Å². The quantitative estimate of drug-likeness (QED) is 0.439. The Bertz CT molecular complexity index is 235. The Morgan fingerprint density at radius 2 is 1.82 bits per heavy atom. The number of nitrogens with zero attached hydrogens (tertiary/aromatic N) is 1. The van der Waals surface area contributed by atoms with Crippen molar-refractivity contribution in [3.8, 4) is 0 Å². The molecule has 0 heterocycles. The summed E-state index contributed by atoms with van der Waals surface area (Å²) < 4.78 is 0. The number of aldehydes is 1. The molecule has 0 fully saturated rings. The summed E-state index contributed by atoms with van der Waals surface area (Å²) in [5.74, 6) is 1.31. The molecule has 0 aromatic carbocycles. The van der Waals surface area contributed by atoms with E-state index >= 15 is 0 Å². The van der Waals surface area contributed by atoms with Crippen LogP contribution < -0.4 is 0 Å². The van der Waals surface area contributed by atoms with Crippen LogP contribution in [0, 0.1) is 17.8 Å². The second-order valence-corrected chi connectivity index (χ2v) is 5.15. The third-order valence-corrected chi connectivity index (χ3v) is 3.52. The molecule has 3 atom stereocenters. The molecule has 0 aliphatic rings. The number of rotatable bonds is 9. The first-order valence-corrected chi connectivity index (χ1v) is 7.07. The predicted molar refractivity (Wildman–Crippen MR) is 75.7 cm³/mol. The van der Waals surface area contributed by atoms with E-state index in [1.165, 1.54) is 12.1 Å². The maximum Gasteiger partial charge on any atom is 0.122 e. The first-order valence-electron chi connectivity index (χ1n) is 7.07. The Balaban J connectivity index is 4.51. The molecule has 0 aliphatic heterocycles. The minimum Gasteiger partial charge on any atom is -0.303 e. The number of aliphatic imine (C=N–C) groups is 1. The fraction of sp³-hybridized carbons (Fsp3) is 0.867. The van der Waals surface area contributed by atoms with E-state index in [1.54, 1.807) is 0 Å². The summed E-state index contributed by atoms with van der Waals surface area (Å²) in [5, 5.41) is 0. The Morgan fingerprint density at radius 1 is 1.18 bits per heavy atom. The van der Waals surface area contributed by atoms with Crippen molar-refractivity contribution in [1.29, 1.82) is 0 Å². The van der Waals surface area contributed by atoms with Crippen molar-refractivity contribution in [2.45, 2.75) is 60.3 Å². The summed E-state index contributed by atoms with van der Waals surface area (Å²) in [6.07, 6.45) is 5.30. The lowest BCUT2D eigenvalue weighted by molar-refractivity contribution is -0.110. The van der Waals surface area contributed by atoms with Crippen LogP contribution in [0.5, 0.6) is 0 Å². The highest BCUT2D eigenvalue weighted by atomic mass is 16.1. The number of hydrogen-bond donors (Lipinski definition) is 0. The first-order chi connectivity index (χ1) is 8.08. The predicted octanol–water partition coefficient (Wildman–Crippen LogP) is 4.13. The van der Waals surface area contributed by atoms with Crippen LogP contribution in [0.25, 0.3) is 0 Å². The molecule has 100 valence electrons. The van der Waals surface area contributed by atoms with Gasteiger partial charge in [0.25, 0.3) is 0 Å². The molecule has 0 aromatic rings. The van der Waals surface area contributed by atoms with Crippen LogP contribution in [0.2, 0.25) is 0 Å². The van der Waals surface area contributed by atoms with Gasteiger partial charge in [0, 0.05) is 18.2 Å². The third-order valence-electron chi connectivity index (χ3n) is 3.52. The molecule has 0 rings (SSSR count). The van der Waals surface area contributed by atoms with Gasteiger partial charge in [0.2, 0.25) is 0 Å². The molecule has 0 aromatic heterocycles. The van der Waals surface area contributed by atoms with Crippen molar-refractivity contribution in [3.05, 3.63) is 0 Å². The van der Waals surface area contributed by atoms with Crippen molar-refractivity contribution in [3.63, 3.8) is 0 Å². The summed E-state index contributed by atoms with van der Waals surface area (Å²) in [6, 6.07) is 0. The van der Waals surface area contributed by atoms with Gasteiger partial charge in [-0.3, -0.25) is 4.99 Å². The van der Waals surface area contributed by atoms with Gasteiger partial charge >= 0.3 is 0 Å². The van der Waals surface area contributed by atoms with E-state index in [0.717, 1.165) is 32.1 Å². The van der Waals surface area contributed by atoms with E-state index in [1.807, 2.05) is 6.92 Å². The monoisotopic (exact) mass is 239 g/mol. The van der Waals surface area contributed by atoms with Crippen molar-refractivity contribution >= 4 is 12.0 Å². The lowest BCUT2D eigenvalue weighted by Gasteiger charge is -2.19. The highest BCUT2D eigenvalue weighted by molar-refractivity contribution is 5.86. The molecule has 0 saturated carbocycles. The van der Waals surface area contributed by atoms with Crippen LogP contribution in [0.15, 0.2) is 4.99 Å². The van der Waals surface area contributed by atoms with Crippen LogP contribution in [-0.2, 0) is 4.79 Å². The molecular weight excluding hydrogens is 210 g/mol. The summed E-state index contributed by atoms with van der Waals surface area (Å²) >= 11 is 0. The number of hydrogen-bond acceptors (Lipinski definition) is 2. The second kappa shape index (κ2) is 9.38. The van der Waals surface area contributed by atoms with Crippen molar-refractivity contribution < 1.29 is 4.79 Å². The summed E-state index contributed by atoms with van der Waals surface area (Å²) in [5.41, 5.74) is 1.31.